The number of nitrogens with zero attached hydrogens (tertiary/aromatic N) is 2. The Bertz CT molecular complexity index is 1010. The average Bonchev–Trinajstić information content (AvgIpc) is 3.07. The van der Waals surface area contributed by atoms with E-state index in [0.717, 1.165) is 0 Å². The van der Waals surface area contributed by atoms with Crippen LogP contribution in [0.15, 0.2) is 27.6 Å². The summed E-state index contributed by atoms with van der Waals surface area (Å²) in [5.74, 6) is 1.15. The van der Waals surface area contributed by atoms with Crippen LogP contribution in [-0.2, 0) is 14.8 Å². The third kappa shape index (κ3) is 3.82. The predicted octanol–water partition coefficient (Wildman–Crippen LogP) is 2.10. The Hall–Kier alpha value is -2.59. The van der Waals surface area contributed by atoms with Gasteiger partial charge in [0.05, 0.1) is 0 Å². The Balaban J connectivity index is 1.39. The number of fused-ring (bicyclic) bond motifs is 1. The maximum absolute atomic E-state index is 12.9. The van der Waals surface area contributed by atoms with Gasteiger partial charge in [-0.25, -0.2) is 8.42 Å². The minimum Gasteiger partial charge on any atom is -0.486 e. The second-order valence-corrected chi connectivity index (χ2v) is 9.05. The molecule has 2 aliphatic rings. The molecule has 1 N–H and O–H groups in total. The van der Waals surface area contributed by atoms with E-state index in [4.69, 9.17) is 14.0 Å². The molecule has 1 aromatic heterocycles. The standard InChI is InChI=1S/C19H23N3O6S/c1-12-18(13(2)28-21-12)29(24,25)22-7-5-14(6-8-22)19(23)20-15-3-4-16-17(11-15)27-10-9-26-16/h3-4,11,14H,5-10H2,1-2H3,(H,20,23). The van der Waals surface area contributed by atoms with Crippen LogP contribution in [-0.4, -0.2) is 50.1 Å². The van der Waals surface area contributed by atoms with Crippen molar-refractivity contribution in [2.45, 2.75) is 31.6 Å². The maximum Gasteiger partial charge on any atom is 0.248 e. The first kappa shape index (κ1) is 19.7. The van der Waals surface area contributed by atoms with Gasteiger partial charge in [0.1, 0.15) is 23.8 Å². The molecular weight excluding hydrogens is 398 g/mol. The first-order valence-corrected chi connectivity index (χ1v) is 10.9. The number of anilines is 1. The number of hydrogen-bond donors (Lipinski definition) is 1. The summed E-state index contributed by atoms with van der Waals surface area (Å²) in [6.07, 6.45) is 0.887. The Morgan fingerprint density at radius 3 is 2.48 bits per heavy atom. The molecule has 9 nitrogen and oxygen atoms in total. The number of ether oxygens (including phenoxy) is 2. The van der Waals surface area contributed by atoms with Crippen LogP contribution in [0.1, 0.15) is 24.3 Å². The number of hydrogen-bond acceptors (Lipinski definition) is 7. The van der Waals surface area contributed by atoms with Crippen molar-refractivity contribution in [3.05, 3.63) is 29.7 Å². The number of carbonyl (C=O) groups is 1. The minimum absolute atomic E-state index is 0.122. The molecule has 29 heavy (non-hydrogen) atoms. The third-order valence-electron chi connectivity index (χ3n) is 5.20. The molecule has 3 heterocycles. The summed E-state index contributed by atoms with van der Waals surface area (Å²) in [6, 6.07) is 5.27. The van der Waals surface area contributed by atoms with Crippen LogP contribution in [0.2, 0.25) is 0 Å². The fraction of sp³-hybridized carbons (Fsp3) is 0.474. The van der Waals surface area contributed by atoms with E-state index < -0.39 is 10.0 Å². The SMILES string of the molecule is Cc1noc(C)c1S(=O)(=O)N1CCC(C(=O)Nc2ccc3c(c2)OCCO3)CC1. The fourth-order valence-corrected chi connectivity index (χ4v) is 5.46. The van der Waals surface area contributed by atoms with Crippen LogP contribution in [0.5, 0.6) is 11.5 Å². The molecule has 0 unspecified atom stereocenters. The molecule has 0 saturated carbocycles. The summed E-state index contributed by atoms with van der Waals surface area (Å²) < 4.78 is 43.2. The van der Waals surface area contributed by atoms with Crippen molar-refractivity contribution in [1.82, 2.24) is 9.46 Å². The zero-order chi connectivity index (χ0) is 20.6. The van der Waals surface area contributed by atoms with Crippen LogP contribution in [0.4, 0.5) is 5.69 Å². The van der Waals surface area contributed by atoms with Crippen molar-refractivity contribution >= 4 is 21.6 Å². The Morgan fingerprint density at radius 2 is 1.83 bits per heavy atom. The van der Waals surface area contributed by atoms with Crippen molar-refractivity contribution < 1.29 is 27.2 Å². The smallest absolute Gasteiger partial charge is 0.248 e. The van der Waals surface area contributed by atoms with Crippen molar-refractivity contribution in [2.75, 3.05) is 31.6 Å². The summed E-state index contributed by atoms with van der Waals surface area (Å²) in [7, 11) is -3.68. The van der Waals surface area contributed by atoms with Crippen molar-refractivity contribution in [2.24, 2.45) is 5.92 Å². The lowest BCUT2D eigenvalue weighted by molar-refractivity contribution is -0.120. The molecule has 0 spiro atoms. The topological polar surface area (TPSA) is 111 Å². The van der Waals surface area contributed by atoms with E-state index in [-0.39, 0.29) is 35.6 Å². The van der Waals surface area contributed by atoms with E-state index in [0.29, 0.717) is 48.9 Å². The molecule has 0 bridgehead atoms. The van der Waals surface area contributed by atoms with Gasteiger partial charge in [-0.05, 0) is 38.8 Å². The highest BCUT2D eigenvalue weighted by molar-refractivity contribution is 7.89. The van der Waals surface area contributed by atoms with Crippen LogP contribution >= 0.6 is 0 Å². The van der Waals surface area contributed by atoms with E-state index in [1.54, 1.807) is 32.0 Å². The summed E-state index contributed by atoms with van der Waals surface area (Å²) in [5.41, 5.74) is 0.978. The van der Waals surface area contributed by atoms with Crippen molar-refractivity contribution in [3.63, 3.8) is 0 Å². The monoisotopic (exact) mass is 421 g/mol. The Kier molecular flexibility index (Phi) is 5.22. The molecule has 4 rings (SSSR count). The fourth-order valence-electron chi connectivity index (χ4n) is 3.70. The van der Waals surface area contributed by atoms with Gasteiger partial charge < -0.3 is 19.3 Å². The minimum atomic E-state index is -3.68. The van der Waals surface area contributed by atoms with Gasteiger partial charge in [0.15, 0.2) is 17.3 Å². The first-order chi connectivity index (χ1) is 13.9. The highest BCUT2D eigenvalue weighted by Crippen LogP contribution is 2.33. The van der Waals surface area contributed by atoms with Gasteiger partial charge in [0.2, 0.25) is 15.9 Å². The van der Waals surface area contributed by atoms with Crippen LogP contribution < -0.4 is 14.8 Å². The molecule has 1 saturated heterocycles. The largest absolute Gasteiger partial charge is 0.486 e. The number of sulfonamides is 1. The molecule has 0 radical (unpaired) electrons. The van der Waals surface area contributed by atoms with E-state index in [2.05, 4.69) is 10.5 Å². The molecule has 2 aromatic rings. The number of aryl methyl sites for hydroxylation is 2. The van der Waals surface area contributed by atoms with Gasteiger partial charge in [0.25, 0.3) is 0 Å². The van der Waals surface area contributed by atoms with E-state index >= 15 is 0 Å². The second kappa shape index (κ2) is 7.68. The maximum atomic E-state index is 12.9. The number of piperidine rings is 1. The van der Waals surface area contributed by atoms with Crippen LogP contribution in [0.25, 0.3) is 0 Å². The molecule has 1 amide bonds. The van der Waals surface area contributed by atoms with E-state index in [9.17, 15) is 13.2 Å². The molecule has 156 valence electrons. The number of benzene rings is 1. The summed E-state index contributed by atoms with van der Waals surface area (Å²) in [5, 5.41) is 6.63. The van der Waals surface area contributed by atoms with Crippen molar-refractivity contribution in [1.29, 1.82) is 0 Å². The zero-order valence-corrected chi connectivity index (χ0v) is 17.1. The zero-order valence-electron chi connectivity index (χ0n) is 16.3. The van der Waals surface area contributed by atoms with Crippen LogP contribution in [0.3, 0.4) is 0 Å². The molecule has 1 fully saturated rings. The number of carbonyl (C=O) groups excluding carboxylic acids is 1. The Morgan fingerprint density at radius 1 is 1.14 bits per heavy atom. The molecule has 0 atom stereocenters. The Labute approximate surface area is 169 Å². The normalized spacial score (nSPS) is 17.9. The molecule has 10 heteroatoms. The molecule has 1 aromatic carbocycles. The number of aromatic nitrogens is 1. The predicted molar refractivity (Wildman–Crippen MR) is 104 cm³/mol. The number of nitrogens with one attached hydrogen (secondary N) is 1. The summed E-state index contributed by atoms with van der Waals surface area (Å²) >= 11 is 0. The van der Waals surface area contributed by atoms with Gasteiger partial charge in [-0.2, -0.15) is 4.31 Å². The quantitative estimate of drug-likeness (QED) is 0.805. The number of rotatable bonds is 4. The number of amides is 1. The van der Waals surface area contributed by atoms with Gasteiger partial charge in [-0.1, -0.05) is 5.16 Å². The molecule has 2 aliphatic heterocycles. The van der Waals surface area contributed by atoms with Gasteiger partial charge in [-0.15, -0.1) is 0 Å². The van der Waals surface area contributed by atoms with Crippen LogP contribution in [0, 0.1) is 19.8 Å². The van der Waals surface area contributed by atoms with Crippen molar-refractivity contribution in [3.8, 4) is 11.5 Å². The summed E-state index contributed by atoms with van der Waals surface area (Å²) in [4.78, 5) is 12.8. The van der Waals surface area contributed by atoms with Gasteiger partial charge >= 0.3 is 0 Å². The molecular formula is C19H23N3O6S. The highest BCUT2D eigenvalue weighted by atomic mass is 32.2. The summed E-state index contributed by atoms with van der Waals surface area (Å²) in [6.45, 7) is 4.71. The lowest BCUT2D eigenvalue weighted by Crippen LogP contribution is -2.41. The van der Waals surface area contributed by atoms with E-state index in [1.807, 2.05) is 0 Å². The highest BCUT2D eigenvalue weighted by Gasteiger charge is 2.35. The molecule has 0 aliphatic carbocycles. The van der Waals surface area contributed by atoms with E-state index in [1.165, 1.54) is 4.31 Å². The lowest BCUT2D eigenvalue weighted by atomic mass is 9.97. The average molecular weight is 421 g/mol. The van der Waals surface area contributed by atoms with Gasteiger partial charge in [-0.3, -0.25) is 4.79 Å². The van der Waals surface area contributed by atoms with Gasteiger partial charge in [0, 0.05) is 30.8 Å². The third-order valence-corrected chi connectivity index (χ3v) is 7.34. The lowest BCUT2D eigenvalue weighted by Gasteiger charge is -2.30. The first-order valence-electron chi connectivity index (χ1n) is 9.50. The second-order valence-electron chi connectivity index (χ2n) is 7.18.